The molecule has 0 radical (unpaired) electrons. The van der Waals surface area contributed by atoms with Crippen LogP contribution in [0.3, 0.4) is 0 Å². The van der Waals surface area contributed by atoms with Crippen LogP contribution in [0, 0.1) is 0 Å². The van der Waals surface area contributed by atoms with E-state index in [-0.39, 0.29) is 12.3 Å². The molecule has 0 fully saturated rings. The molecule has 0 aliphatic rings. The van der Waals surface area contributed by atoms with Gasteiger partial charge in [0.15, 0.2) is 10.8 Å². The molecular formula is C15H14ClN5OS. The Morgan fingerprint density at radius 3 is 3.00 bits per heavy atom. The Balaban J connectivity index is 1.49. The lowest BCUT2D eigenvalue weighted by molar-refractivity contribution is -0.120. The summed E-state index contributed by atoms with van der Waals surface area (Å²) in [6, 6.07) is 7.62. The molecule has 0 unspecified atom stereocenters. The van der Waals surface area contributed by atoms with Gasteiger partial charge in [-0.15, -0.1) is 11.3 Å². The summed E-state index contributed by atoms with van der Waals surface area (Å²) >= 11 is 7.52. The van der Waals surface area contributed by atoms with Crippen LogP contribution in [0.15, 0.2) is 36.0 Å². The molecule has 0 aliphatic carbocycles. The first-order valence-electron chi connectivity index (χ1n) is 7.02. The topological polar surface area (TPSA) is 83.6 Å². The fourth-order valence-corrected chi connectivity index (χ4v) is 3.06. The molecule has 0 saturated carbocycles. The van der Waals surface area contributed by atoms with Crippen molar-refractivity contribution in [3.8, 4) is 10.8 Å². The van der Waals surface area contributed by atoms with Gasteiger partial charge in [-0.25, -0.2) is 9.97 Å². The van der Waals surface area contributed by atoms with Gasteiger partial charge in [0.1, 0.15) is 6.33 Å². The van der Waals surface area contributed by atoms with Crippen molar-refractivity contribution in [2.45, 2.75) is 12.8 Å². The molecule has 6 nitrogen and oxygen atoms in total. The highest BCUT2D eigenvalue weighted by Crippen LogP contribution is 2.19. The van der Waals surface area contributed by atoms with E-state index in [1.54, 1.807) is 0 Å². The summed E-state index contributed by atoms with van der Waals surface area (Å²) in [7, 11) is 0. The van der Waals surface area contributed by atoms with E-state index in [0.29, 0.717) is 18.8 Å². The van der Waals surface area contributed by atoms with Crippen LogP contribution in [0.1, 0.15) is 11.3 Å². The molecule has 23 heavy (non-hydrogen) atoms. The van der Waals surface area contributed by atoms with Crippen LogP contribution in [-0.4, -0.2) is 32.6 Å². The molecule has 8 heteroatoms. The van der Waals surface area contributed by atoms with E-state index >= 15 is 0 Å². The van der Waals surface area contributed by atoms with Crippen molar-refractivity contribution in [1.82, 2.24) is 25.5 Å². The maximum atomic E-state index is 12.0. The first-order chi connectivity index (χ1) is 11.2. The molecule has 3 rings (SSSR count). The average molecular weight is 348 g/mol. The van der Waals surface area contributed by atoms with Gasteiger partial charge in [0, 0.05) is 16.9 Å². The number of benzene rings is 1. The minimum atomic E-state index is -0.0635. The van der Waals surface area contributed by atoms with Crippen LogP contribution in [0.25, 0.3) is 10.8 Å². The molecule has 0 atom stereocenters. The number of halogens is 1. The van der Waals surface area contributed by atoms with Gasteiger partial charge < -0.3 is 5.32 Å². The van der Waals surface area contributed by atoms with Gasteiger partial charge >= 0.3 is 0 Å². The number of aromatic amines is 1. The van der Waals surface area contributed by atoms with Crippen molar-refractivity contribution in [2.75, 3.05) is 6.54 Å². The first-order valence-corrected chi connectivity index (χ1v) is 8.28. The highest BCUT2D eigenvalue weighted by Gasteiger charge is 2.10. The number of aromatic nitrogens is 4. The summed E-state index contributed by atoms with van der Waals surface area (Å²) in [5, 5.41) is 12.7. The third kappa shape index (κ3) is 4.14. The van der Waals surface area contributed by atoms with Crippen LogP contribution in [-0.2, 0) is 17.6 Å². The normalized spacial score (nSPS) is 10.7. The number of amides is 1. The minimum Gasteiger partial charge on any atom is -0.355 e. The minimum absolute atomic E-state index is 0.0635. The SMILES string of the molecule is O=C(Cc1csc(-c2ncn[nH]2)n1)NCCc1ccccc1Cl. The molecule has 2 heterocycles. The lowest BCUT2D eigenvalue weighted by Crippen LogP contribution is -2.27. The van der Waals surface area contributed by atoms with Gasteiger partial charge in [-0.2, -0.15) is 5.10 Å². The van der Waals surface area contributed by atoms with E-state index in [1.807, 2.05) is 29.6 Å². The maximum Gasteiger partial charge on any atom is 0.226 e. The summed E-state index contributed by atoms with van der Waals surface area (Å²) in [6.45, 7) is 0.543. The number of carbonyl (C=O) groups excluding carboxylic acids is 1. The summed E-state index contributed by atoms with van der Waals surface area (Å²) < 4.78 is 0. The van der Waals surface area contributed by atoms with E-state index in [4.69, 9.17) is 11.6 Å². The molecule has 0 bridgehead atoms. The standard InChI is InChI=1S/C15H14ClN5OS/c16-12-4-2-1-3-10(12)5-6-17-13(22)7-11-8-23-15(20-11)14-18-9-19-21-14/h1-4,8-9H,5-7H2,(H,17,22)(H,18,19,21). The van der Waals surface area contributed by atoms with Crippen molar-refractivity contribution >= 4 is 28.8 Å². The van der Waals surface area contributed by atoms with Gasteiger partial charge in [-0.05, 0) is 18.1 Å². The van der Waals surface area contributed by atoms with Crippen LogP contribution in [0.2, 0.25) is 5.02 Å². The Labute approximate surface area is 141 Å². The lowest BCUT2D eigenvalue weighted by Gasteiger charge is -2.05. The molecule has 118 valence electrons. The molecule has 3 aromatic rings. The molecule has 0 aliphatic heterocycles. The second kappa shape index (κ2) is 7.34. The predicted octanol–water partition coefficient (Wildman–Crippen LogP) is 2.48. The van der Waals surface area contributed by atoms with E-state index in [1.165, 1.54) is 17.7 Å². The number of nitrogens with one attached hydrogen (secondary N) is 2. The summed E-state index contributed by atoms with van der Waals surface area (Å²) in [4.78, 5) is 20.4. The second-order valence-corrected chi connectivity index (χ2v) is 6.11. The Bertz CT molecular complexity index is 787. The summed E-state index contributed by atoms with van der Waals surface area (Å²) in [6.07, 6.45) is 2.37. The van der Waals surface area contributed by atoms with E-state index in [2.05, 4.69) is 25.5 Å². The number of rotatable bonds is 6. The number of nitrogens with zero attached hydrogens (tertiary/aromatic N) is 3. The molecular weight excluding hydrogens is 334 g/mol. The van der Waals surface area contributed by atoms with Crippen LogP contribution < -0.4 is 5.32 Å². The molecule has 0 spiro atoms. The fourth-order valence-electron chi connectivity index (χ4n) is 2.07. The summed E-state index contributed by atoms with van der Waals surface area (Å²) in [5.41, 5.74) is 1.74. The Morgan fingerprint density at radius 1 is 1.35 bits per heavy atom. The smallest absolute Gasteiger partial charge is 0.226 e. The van der Waals surface area contributed by atoms with Crippen molar-refractivity contribution < 1.29 is 4.79 Å². The third-order valence-corrected chi connectivity index (χ3v) is 4.45. The highest BCUT2D eigenvalue weighted by molar-refractivity contribution is 7.13. The van der Waals surface area contributed by atoms with Crippen LogP contribution >= 0.6 is 22.9 Å². The maximum absolute atomic E-state index is 12.0. The van der Waals surface area contributed by atoms with Gasteiger partial charge in [0.05, 0.1) is 12.1 Å². The quantitative estimate of drug-likeness (QED) is 0.717. The van der Waals surface area contributed by atoms with E-state index in [9.17, 15) is 4.79 Å². The number of thiazole rings is 1. The van der Waals surface area contributed by atoms with Gasteiger partial charge in [-0.3, -0.25) is 9.89 Å². The van der Waals surface area contributed by atoms with Crippen molar-refractivity contribution in [3.05, 3.63) is 52.3 Å². The van der Waals surface area contributed by atoms with Crippen molar-refractivity contribution in [3.63, 3.8) is 0 Å². The Kier molecular flexibility index (Phi) is 4.99. The summed E-state index contributed by atoms with van der Waals surface area (Å²) in [5.74, 6) is 0.548. The van der Waals surface area contributed by atoms with Crippen molar-refractivity contribution in [2.24, 2.45) is 0 Å². The van der Waals surface area contributed by atoms with Crippen molar-refractivity contribution in [1.29, 1.82) is 0 Å². The number of hydrogen-bond acceptors (Lipinski definition) is 5. The molecule has 2 N–H and O–H groups in total. The first kappa shape index (κ1) is 15.6. The third-order valence-electron chi connectivity index (χ3n) is 3.19. The van der Waals surface area contributed by atoms with Crippen LogP contribution in [0.5, 0.6) is 0 Å². The highest BCUT2D eigenvalue weighted by atomic mass is 35.5. The largest absolute Gasteiger partial charge is 0.355 e. The van der Waals surface area contributed by atoms with E-state index in [0.717, 1.165) is 21.3 Å². The Hall–Kier alpha value is -2.25. The zero-order valence-electron chi connectivity index (χ0n) is 12.1. The number of carbonyl (C=O) groups is 1. The van der Waals surface area contributed by atoms with Crippen LogP contribution in [0.4, 0.5) is 0 Å². The zero-order chi connectivity index (χ0) is 16.1. The molecule has 2 aromatic heterocycles. The van der Waals surface area contributed by atoms with Gasteiger partial charge in [-0.1, -0.05) is 29.8 Å². The molecule has 1 aromatic carbocycles. The molecule has 0 saturated heterocycles. The fraction of sp³-hybridized carbons (Fsp3) is 0.200. The predicted molar refractivity (Wildman–Crippen MR) is 89.4 cm³/mol. The zero-order valence-corrected chi connectivity index (χ0v) is 13.7. The Morgan fingerprint density at radius 2 is 2.22 bits per heavy atom. The number of hydrogen-bond donors (Lipinski definition) is 2. The lowest BCUT2D eigenvalue weighted by atomic mass is 10.1. The monoisotopic (exact) mass is 347 g/mol. The van der Waals surface area contributed by atoms with Gasteiger partial charge in [0.25, 0.3) is 0 Å². The second-order valence-electron chi connectivity index (χ2n) is 4.85. The average Bonchev–Trinajstić information content (AvgIpc) is 3.20. The molecule has 1 amide bonds. The van der Waals surface area contributed by atoms with Gasteiger partial charge in [0.2, 0.25) is 5.91 Å². The number of H-pyrrole nitrogens is 1. The van der Waals surface area contributed by atoms with E-state index < -0.39 is 0 Å².